The fraction of sp³-hybridized carbons (Fsp3) is 0.426. The van der Waals surface area contributed by atoms with Crippen LogP contribution in [-0.2, 0) is 68.0 Å². The largest absolute Gasteiger partial charge is 0.478 e. The summed E-state index contributed by atoms with van der Waals surface area (Å²) in [5.74, 6) is -6.69. The molecule has 0 aromatic heterocycles. The minimum Gasteiger partial charge on any atom is -0.478 e. The van der Waals surface area contributed by atoms with E-state index in [0.717, 1.165) is 36.4 Å². The first kappa shape index (κ1) is 65.2. The number of fused-ring (bicyclic) bond motifs is 2. The van der Waals surface area contributed by atoms with Crippen LogP contribution in [0.15, 0.2) is 56.7 Å². The Balaban J connectivity index is 1.35. The summed E-state index contributed by atoms with van der Waals surface area (Å²) in [6.45, 7) is -0.330. The number of carboxylic acids is 1. The van der Waals surface area contributed by atoms with Gasteiger partial charge < -0.3 is 77.2 Å². The lowest BCUT2D eigenvalue weighted by atomic mass is 9.89. The van der Waals surface area contributed by atoms with Crippen LogP contribution in [0.5, 0.6) is 0 Å². The molecule has 0 spiro atoms. The van der Waals surface area contributed by atoms with Crippen molar-refractivity contribution in [2.45, 2.75) is 41.1 Å². The molecule has 438 valence electrons. The third-order valence-corrected chi connectivity index (χ3v) is 13.4. The number of nitrogen functional groups attached to an aromatic ring is 1. The number of ether oxygens (including phenoxy) is 4. The SMILES string of the molecule is CNC(=O)COCCOCCNC(=O)COCCOCCNC(=O)CNC(=O)[C@H](CCCCNC(=O)c1ccc(C(=O)O)c(-c2c3ccc(=N)c(S(=O)(=O)O)c-3oc3c(S(=O)(=O)O)c(N)ccc23)c1)NC(=O)CNC(=O)[C@@H](N)CS. The molecule has 2 aromatic carbocycles. The molecule has 1 aliphatic heterocycles. The van der Waals surface area contributed by atoms with Gasteiger partial charge in [-0.1, -0.05) is 0 Å². The molecule has 33 heteroatoms. The van der Waals surface area contributed by atoms with Crippen molar-refractivity contribution in [3.05, 3.63) is 58.9 Å². The highest BCUT2D eigenvalue weighted by atomic mass is 32.2. The molecule has 0 unspecified atom stereocenters. The summed E-state index contributed by atoms with van der Waals surface area (Å²) >= 11 is 3.95. The number of nitrogens with two attached hydrogens (primary N) is 2. The van der Waals surface area contributed by atoms with Crippen LogP contribution < -0.4 is 54.0 Å². The van der Waals surface area contributed by atoms with E-state index < -0.39 is 119 Å². The highest BCUT2D eigenvalue weighted by molar-refractivity contribution is 7.86. The van der Waals surface area contributed by atoms with E-state index in [9.17, 15) is 69.4 Å². The number of carboxylic acid groups (broad SMARTS) is 1. The number of hydrogen-bond donors (Lipinski definition) is 14. The van der Waals surface area contributed by atoms with E-state index in [0.29, 0.717) is 0 Å². The lowest BCUT2D eigenvalue weighted by Gasteiger charge is -2.20. The minimum atomic E-state index is -5.30. The molecule has 2 aromatic rings. The minimum absolute atomic E-state index is 0.0178. The molecule has 80 heavy (non-hydrogen) atoms. The van der Waals surface area contributed by atoms with Gasteiger partial charge in [0.05, 0.1) is 75.4 Å². The van der Waals surface area contributed by atoms with E-state index >= 15 is 0 Å². The molecule has 2 atom stereocenters. The van der Waals surface area contributed by atoms with Crippen LogP contribution >= 0.6 is 12.6 Å². The topological polar surface area (TPSA) is 476 Å². The Kier molecular flexibility index (Phi) is 25.6. The predicted molar refractivity (Wildman–Crippen MR) is 284 cm³/mol. The first-order valence-corrected chi connectivity index (χ1v) is 27.6. The molecular formula is C47H62N10O20S3. The first-order chi connectivity index (χ1) is 37.9. The molecule has 30 nitrogen and oxygen atoms in total. The van der Waals surface area contributed by atoms with Gasteiger partial charge in [0.25, 0.3) is 26.1 Å². The van der Waals surface area contributed by atoms with Crippen molar-refractivity contribution in [2.24, 2.45) is 5.73 Å². The van der Waals surface area contributed by atoms with E-state index in [4.69, 9.17) is 40.2 Å². The van der Waals surface area contributed by atoms with Crippen LogP contribution in [0.3, 0.4) is 0 Å². The number of thiol groups is 1. The summed E-state index contributed by atoms with van der Waals surface area (Å²) in [5.41, 5.74) is 8.67. The average molecular weight is 1180 g/mol. The van der Waals surface area contributed by atoms with Crippen molar-refractivity contribution >= 4 is 96.8 Å². The van der Waals surface area contributed by atoms with Crippen LogP contribution in [0.4, 0.5) is 5.69 Å². The van der Waals surface area contributed by atoms with Gasteiger partial charge in [0.2, 0.25) is 35.4 Å². The number of carbonyl (C=O) groups is 8. The second kappa shape index (κ2) is 31.5. The lowest BCUT2D eigenvalue weighted by Crippen LogP contribution is -2.52. The highest BCUT2D eigenvalue weighted by Gasteiger charge is 2.32. The third-order valence-electron chi connectivity index (χ3n) is 11.2. The fourth-order valence-corrected chi connectivity index (χ4v) is 8.97. The lowest BCUT2D eigenvalue weighted by molar-refractivity contribution is -0.131. The summed E-state index contributed by atoms with van der Waals surface area (Å²) in [4.78, 5) is 98.1. The smallest absolute Gasteiger partial charge is 0.336 e. The Morgan fingerprint density at radius 1 is 0.688 bits per heavy atom. The van der Waals surface area contributed by atoms with Crippen LogP contribution in [0, 0.1) is 5.41 Å². The van der Waals surface area contributed by atoms with E-state index in [1.165, 1.54) is 13.1 Å². The molecule has 0 saturated heterocycles. The normalized spacial score (nSPS) is 12.3. The highest BCUT2D eigenvalue weighted by Crippen LogP contribution is 2.46. The van der Waals surface area contributed by atoms with Crippen molar-refractivity contribution in [2.75, 3.05) is 104 Å². The molecule has 7 amide bonds. The number of anilines is 1. The number of benzene rings is 3. The third kappa shape index (κ3) is 19.8. The van der Waals surface area contributed by atoms with Crippen LogP contribution in [0.25, 0.3) is 33.4 Å². The predicted octanol–water partition coefficient (Wildman–Crippen LogP) is -2.62. The number of rotatable bonds is 34. The Labute approximate surface area is 462 Å². The number of unbranched alkanes of at least 4 members (excludes halogenated alkanes) is 1. The van der Waals surface area contributed by atoms with Crippen LogP contribution in [0.1, 0.15) is 40.0 Å². The summed E-state index contributed by atoms with van der Waals surface area (Å²) in [6.07, 6.45) is 0.267. The maximum atomic E-state index is 13.7. The molecule has 4 rings (SSSR count). The zero-order valence-corrected chi connectivity index (χ0v) is 45.4. The Morgan fingerprint density at radius 3 is 1.90 bits per heavy atom. The zero-order valence-electron chi connectivity index (χ0n) is 42.9. The van der Waals surface area contributed by atoms with Gasteiger partial charge in [0.15, 0.2) is 21.1 Å². The summed E-state index contributed by atoms with van der Waals surface area (Å²) in [6, 6.07) is 5.31. The standard InChI is InChI=1S/C47H62N10O20S3/c1-51-37(60)23-75-18-16-74-15-13-53-38(61)24-76-19-17-73-14-12-52-35(58)21-56-46(64)34(57-36(59)22-55-45(63)33(50)25-78)4-2-3-11-54-44(62)26-5-6-27(47(65)66)30(20-26)39-28-7-9-31(48)42(79(67,68)69)40(28)77-41-29(39)8-10-32(49)43(41)80(70,71)72/h5-10,20,33-34,48,78H,2-4,11-19,21-25,49-50H2,1H3,(H,51,60)(H,52,58)(H,53,61)(H,54,62)(H,55,63)(H,56,64)(H,57,59)(H,65,66)(H,67,68,69)(H,70,71,72)/t33-,34-/m0/s1. The molecule has 0 fully saturated rings. The number of amides is 7. The van der Waals surface area contributed by atoms with Crippen LogP contribution in [0.2, 0.25) is 0 Å². The molecule has 1 heterocycles. The molecule has 2 aliphatic rings. The van der Waals surface area contributed by atoms with Gasteiger partial charge in [0.1, 0.15) is 19.3 Å². The van der Waals surface area contributed by atoms with Crippen molar-refractivity contribution < 1.29 is 92.8 Å². The molecular weight excluding hydrogens is 1120 g/mol. The summed E-state index contributed by atoms with van der Waals surface area (Å²) < 4.78 is 97.4. The maximum Gasteiger partial charge on any atom is 0.336 e. The van der Waals surface area contributed by atoms with Gasteiger partial charge in [-0.2, -0.15) is 29.5 Å². The van der Waals surface area contributed by atoms with Gasteiger partial charge in [-0.3, -0.25) is 48.1 Å². The van der Waals surface area contributed by atoms with Gasteiger partial charge >= 0.3 is 5.97 Å². The number of aromatic carboxylic acids is 1. The van der Waals surface area contributed by atoms with Crippen LogP contribution in [-0.4, -0.2) is 189 Å². The molecule has 1 aliphatic carbocycles. The van der Waals surface area contributed by atoms with Gasteiger partial charge in [-0.25, -0.2) is 4.79 Å². The van der Waals surface area contributed by atoms with Gasteiger partial charge in [0, 0.05) is 54.5 Å². The maximum absolute atomic E-state index is 13.7. The second-order valence-corrected chi connectivity index (χ2v) is 20.1. The van der Waals surface area contributed by atoms with Crippen molar-refractivity contribution in [1.29, 1.82) is 5.41 Å². The monoisotopic (exact) mass is 1180 g/mol. The Bertz CT molecular complexity index is 3160. The van der Waals surface area contributed by atoms with Crippen molar-refractivity contribution in [1.82, 2.24) is 37.2 Å². The van der Waals surface area contributed by atoms with E-state index in [-0.39, 0.29) is 137 Å². The van der Waals surface area contributed by atoms with Gasteiger partial charge in [-0.05, 0) is 67.3 Å². The average Bonchev–Trinajstić information content (AvgIpc) is 3.46. The van der Waals surface area contributed by atoms with Crippen molar-refractivity contribution in [3.63, 3.8) is 0 Å². The van der Waals surface area contributed by atoms with E-state index in [1.807, 2.05) is 0 Å². The number of nitrogens with one attached hydrogen (secondary N) is 8. The Morgan fingerprint density at radius 2 is 1.29 bits per heavy atom. The molecule has 15 N–H and O–H groups in total. The fourth-order valence-electron chi connectivity index (χ4n) is 7.32. The summed E-state index contributed by atoms with van der Waals surface area (Å²) in [5, 5.41) is 34.9. The van der Waals surface area contributed by atoms with Crippen molar-refractivity contribution in [3.8, 4) is 22.5 Å². The molecule has 0 saturated carbocycles. The zero-order chi connectivity index (χ0) is 59.2. The van der Waals surface area contributed by atoms with Gasteiger partial charge in [-0.15, -0.1) is 0 Å². The molecule has 0 bridgehead atoms. The number of likely N-dealkylation sites (N-methyl/N-ethyl adjacent to an activating group) is 1. The van der Waals surface area contributed by atoms with E-state index in [1.54, 1.807) is 0 Å². The Hall–Kier alpha value is -7.34. The number of carbonyl (C=O) groups excluding carboxylic acids is 7. The molecule has 0 radical (unpaired) electrons. The van der Waals surface area contributed by atoms with E-state index in [2.05, 4.69) is 49.8 Å². The summed E-state index contributed by atoms with van der Waals surface area (Å²) in [7, 11) is -9.07. The quantitative estimate of drug-likeness (QED) is 0.00748. The number of hydrogen-bond acceptors (Lipinski definition) is 21. The first-order valence-electron chi connectivity index (χ1n) is 24.1. The second-order valence-electron chi connectivity index (χ2n) is 17.0.